The molecule has 2 fully saturated rings. The summed E-state index contributed by atoms with van der Waals surface area (Å²) in [6.07, 6.45) is 14.3. The van der Waals surface area contributed by atoms with Gasteiger partial charge in [0, 0.05) is 6.54 Å². The van der Waals surface area contributed by atoms with Crippen molar-refractivity contribution in [3.8, 4) is 0 Å². The maximum atomic E-state index is 9.13. The summed E-state index contributed by atoms with van der Waals surface area (Å²) in [6, 6.07) is 0.427. The summed E-state index contributed by atoms with van der Waals surface area (Å²) in [4.78, 5) is 2.61. The molecule has 1 aliphatic carbocycles. The van der Waals surface area contributed by atoms with Gasteiger partial charge in [-0.2, -0.15) is 0 Å². The number of rotatable bonds is 5. The first-order valence-corrected chi connectivity index (χ1v) is 9.09. The van der Waals surface area contributed by atoms with Crippen LogP contribution in [-0.2, 0) is 6.61 Å². The predicted octanol–water partition coefficient (Wildman–Crippen LogP) is 2.77. The minimum atomic E-state index is -0.0158. The number of hydrogen-bond acceptors (Lipinski definition) is 4. The van der Waals surface area contributed by atoms with Gasteiger partial charge in [0.25, 0.3) is 0 Å². The summed E-state index contributed by atoms with van der Waals surface area (Å²) in [6.45, 7) is 3.53. The number of aliphatic hydroxyl groups excluding tert-OH is 1. The van der Waals surface area contributed by atoms with Crippen molar-refractivity contribution in [3.05, 3.63) is 11.9 Å². The van der Waals surface area contributed by atoms with E-state index in [1.165, 1.54) is 70.9 Å². The summed E-state index contributed by atoms with van der Waals surface area (Å²) in [5.74, 6) is 0.954. The Labute approximate surface area is 133 Å². The molecule has 1 aromatic heterocycles. The number of aromatic nitrogens is 3. The largest absolute Gasteiger partial charge is 0.390 e. The van der Waals surface area contributed by atoms with Crippen molar-refractivity contribution in [1.82, 2.24) is 19.9 Å². The van der Waals surface area contributed by atoms with Crippen LogP contribution in [0.4, 0.5) is 0 Å². The highest BCUT2D eigenvalue weighted by atomic mass is 16.3. The van der Waals surface area contributed by atoms with Gasteiger partial charge in [-0.05, 0) is 38.3 Å². The molecule has 0 aromatic carbocycles. The molecule has 22 heavy (non-hydrogen) atoms. The van der Waals surface area contributed by atoms with Crippen LogP contribution >= 0.6 is 0 Å². The molecule has 1 aromatic rings. The van der Waals surface area contributed by atoms with Crippen molar-refractivity contribution in [1.29, 1.82) is 0 Å². The Kier molecular flexibility index (Phi) is 5.84. The van der Waals surface area contributed by atoms with Crippen molar-refractivity contribution < 1.29 is 5.11 Å². The molecular formula is C17H30N4O. The van der Waals surface area contributed by atoms with E-state index in [4.69, 9.17) is 5.11 Å². The average molecular weight is 306 g/mol. The van der Waals surface area contributed by atoms with E-state index in [-0.39, 0.29) is 6.61 Å². The van der Waals surface area contributed by atoms with Crippen LogP contribution in [0.5, 0.6) is 0 Å². The smallest absolute Gasteiger partial charge is 0.108 e. The molecule has 2 aliphatic rings. The number of nitrogens with zero attached hydrogens (tertiary/aromatic N) is 4. The van der Waals surface area contributed by atoms with Crippen molar-refractivity contribution in [3.63, 3.8) is 0 Å². The maximum Gasteiger partial charge on any atom is 0.108 e. The van der Waals surface area contributed by atoms with Gasteiger partial charge in [0.2, 0.25) is 0 Å². The van der Waals surface area contributed by atoms with Gasteiger partial charge in [-0.15, -0.1) is 5.10 Å². The highest BCUT2D eigenvalue weighted by Gasteiger charge is 2.23. The lowest BCUT2D eigenvalue weighted by atomic mass is 9.95. The van der Waals surface area contributed by atoms with E-state index in [1.807, 2.05) is 10.9 Å². The van der Waals surface area contributed by atoms with Gasteiger partial charge in [0.1, 0.15) is 5.69 Å². The molecule has 1 saturated heterocycles. The third kappa shape index (κ3) is 4.29. The van der Waals surface area contributed by atoms with Gasteiger partial charge in [-0.3, -0.25) is 0 Å². The number of likely N-dealkylation sites (tertiary alicyclic amines) is 1. The van der Waals surface area contributed by atoms with E-state index in [9.17, 15) is 0 Å². The van der Waals surface area contributed by atoms with Crippen LogP contribution < -0.4 is 0 Å². The fraction of sp³-hybridized carbons (Fsp3) is 0.882. The Morgan fingerprint density at radius 1 is 1.09 bits per heavy atom. The van der Waals surface area contributed by atoms with Gasteiger partial charge in [-0.25, -0.2) is 4.68 Å². The van der Waals surface area contributed by atoms with Crippen LogP contribution in [0, 0.1) is 5.92 Å². The van der Waals surface area contributed by atoms with Gasteiger partial charge in [0.05, 0.1) is 18.8 Å². The fourth-order valence-corrected chi connectivity index (χ4v) is 4.03. The number of hydrogen-bond donors (Lipinski definition) is 1. The third-order valence-electron chi connectivity index (χ3n) is 5.40. The maximum absolute atomic E-state index is 9.13. The number of aliphatic hydroxyl groups is 1. The van der Waals surface area contributed by atoms with E-state index in [0.29, 0.717) is 11.7 Å². The van der Waals surface area contributed by atoms with Crippen molar-refractivity contribution in [2.75, 3.05) is 19.6 Å². The molecule has 2 heterocycles. The second-order valence-corrected chi connectivity index (χ2v) is 7.09. The molecule has 0 radical (unpaired) electrons. The summed E-state index contributed by atoms with van der Waals surface area (Å²) in [5.41, 5.74) is 0.676. The normalized spacial score (nSPS) is 25.2. The standard InChI is InChI=1S/C17H30N4O/c22-14-16-12-21(19-18-16)17-8-5-10-20(13-17)11-9-15-6-3-1-2-4-7-15/h12,15,17,22H,1-11,13-14H2. The predicted molar refractivity (Wildman–Crippen MR) is 86.5 cm³/mol. The first-order valence-electron chi connectivity index (χ1n) is 9.09. The van der Waals surface area contributed by atoms with E-state index in [2.05, 4.69) is 15.2 Å². The molecule has 0 bridgehead atoms. The Hall–Kier alpha value is -0.940. The molecule has 5 heteroatoms. The van der Waals surface area contributed by atoms with Crippen LogP contribution in [0.1, 0.15) is 69.5 Å². The topological polar surface area (TPSA) is 54.2 Å². The second kappa shape index (κ2) is 8.06. The summed E-state index contributed by atoms with van der Waals surface area (Å²) >= 11 is 0. The number of piperidine rings is 1. The lowest BCUT2D eigenvalue weighted by molar-refractivity contribution is 0.157. The molecule has 1 N–H and O–H groups in total. The average Bonchev–Trinajstić information content (AvgIpc) is 2.89. The lowest BCUT2D eigenvalue weighted by Crippen LogP contribution is -2.38. The molecule has 0 amide bonds. The zero-order valence-corrected chi connectivity index (χ0v) is 13.7. The second-order valence-electron chi connectivity index (χ2n) is 7.09. The van der Waals surface area contributed by atoms with Gasteiger partial charge in [0.15, 0.2) is 0 Å². The van der Waals surface area contributed by atoms with Gasteiger partial charge >= 0.3 is 0 Å². The van der Waals surface area contributed by atoms with E-state index in [0.717, 1.165) is 12.5 Å². The van der Waals surface area contributed by atoms with E-state index in [1.54, 1.807) is 0 Å². The Balaban J connectivity index is 1.47. The fourth-order valence-electron chi connectivity index (χ4n) is 4.03. The summed E-state index contributed by atoms with van der Waals surface area (Å²) in [5, 5.41) is 17.3. The molecule has 124 valence electrons. The zero-order valence-electron chi connectivity index (χ0n) is 13.7. The van der Waals surface area contributed by atoms with E-state index < -0.39 is 0 Å². The lowest BCUT2D eigenvalue weighted by Gasteiger charge is -2.33. The van der Waals surface area contributed by atoms with Gasteiger partial charge < -0.3 is 10.0 Å². The molecule has 3 rings (SSSR count). The molecule has 5 nitrogen and oxygen atoms in total. The first-order chi connectivity index (χ1) is 10.8. The minimum absolute atomic E-state index is 0.0158. The van der Waals surface area contributed by atoms with Crippen LogP contribution in [-0.4, -0.2) is 44.6 Å². The molecular weight excluding hydrogens is 276 g/mol. The minimum Gasteiger partial charge on any atom is -0.390 e. The molecule has 1 saturated carbocycles. The Bertz CT molecular complexity index is 440. The highest BCUT2D eigenvalue weighted by molar-refractivity contribution is 4.92. The van der Waals surface area contributed by atoms with Crippen LogP contribution in [0.15, 0.2) is 6.20 Å². The Morgan fingerprint density at radius 3 is 2.64 bits per heavy atom. The third-order valence-corrected chi connectivity index (χ3v) is 5.40. The van der Waals surface area contributed by atoms with Crippen LogP contribution in [0.3, 0.4) is 0 Å². The first kappa shape index (κ1) is 15.9. The molecule has 1 aliphatic heterocycles. The van der Waals surface area contributed by atoms with Crippen LogP contribution in [0.25, 0.3) is 0 Å². The summed E-state index contributed by atoms with van der Waals surface area (Å²) in [7, 11) is 0. The highest BCUT2D eigenvalue weighted by Crippen LogP contribution is 2.27. The van der Waals surface area contributed by atoms with Crippen molar-refractivity contribution in [2.45, 2.75) is 70.4 Å². The quantitative estimate of drug-likeness (QED) is 0.850. The summed E-state index contributed by atoms with van der Waals surface area (Å²) < 4.78 is 1.96. The van der Waals surface area contributed by atoms with E-state index >= 15 is 0 Å². The van der Waals surface area contributed by atoms with Gasteiger partial charge in [-0.1, -0.05) is 43.7 Å². The molecule has 1 atom stereocenters. The SMILES string of the molecule is OCc1cn(C2CCCN(CCC3CCCCCC3)C2)nn1. The van der Waals surface area contributed by atoms with Crippen molar-refractivity contribution >= 4 is 0 Å². The zero-order chi connectivity index (χ0) is 15.2. The molecule has 1 unspecified atom stereocenters. The Morgan fingerprint density at radius 2 is 1.91 bits per heavy atom. The monoisotopic (exact) mass is 306 g/mol. The van der Waals surface area contributed by atoms with Crippen LogP contribution in [0.2, 0.25) is 0 Å². The molecule has 0 spiro atoms. The van der Waals surface area contributed by atoms with Crippen molar-refractivity contribution in [2.24, 2.45) is 5.92 Å².